The summed E-state index contributed by atoms with van der Waals surface area (Å²) in [6, 6.07) is 0. The molecule has 66 valence electrons. The Morgan fingerprint density at radius 3 is 2.42 bits per heavy atom. The summed E-state index contributed by atoms with van der Waals surface area (Å²) in [5, 5.41) is 0. The van der Waals surface area contributed by atoms with Crippen molar-refractivity contribution in [2.45, 2.75) is 13.8 Å². The first kappa shape index (κ1) is 10.7. The van der Waals surface area contributed by atoms with Crippen LogP contribution in [0.15, 0.2) is 36.6 Å². The summed E-state index contributed by atoms with van der Waals surface area (Å²) in [5.74, 6) is 0.0248. The van der Waals surface area contributed by atoms with E-state index in [1.807, 2.05) is 19.1 Å². The van der Waals surface area contributed by atoms with Gasteiger partial charge in [0, 0.05) is 19.7 Å². The molecule has 0 N–H and O–H groups in total. The molecule has 0 bridgehead atoms. The smallest absolute Gasteiger partial charge is 0.223 e. The van der Waals surface area contributed by atoms with Crippen LogP contribution in [-0.2, 0) is 4.79 Å². The van der Waals surface area contributed by atoms with Crippen LogP contribution >= 0.6 is 0 Å². The summed E-state index contributed by atoms with van der Waals surface area (Å²) >= 11 is 0. The lowest BCUT2D eigenvalue weighted by Gasteiger charge is -2.15. The second-order valence-corrected chi connectivity index (χ2v) is 2.39. The van der Waals surface area contributed by atoms with E-state index in [0.29, 0.717) is 0 Å². The number of amides is 1. The molecule has 0 aliphatic carbocycles. The van der Waals surface area contributed by atoms with Crippen LogP contribution in [-0.4, -0.2) is 17.9 Å². The van der Waals surface area contributed by atoms with E-state index in [4.69, 9.17) is 0 Å². The Morgan fingerprint density at radius 2 is 2.08 bits per heavy atom. The SMILES string of the molecule is C=C/C=C\C(=C/C)N(C)C(C)=O. The summed E-state index contributed by atoms with van der Waals surface area (Å²) in [5.41, 5.74) is 0.877. The molecule has 0 rings (SSSR count). The highest BCUT2D eigenvalue weighted by molar-refractivity contribution is 5.75. The topological polar surface area (TPSA) is 20.3 Å². The van der Waals surface area contributed by atoms with Crippen molar-refractivity contribution >= 4 is 5.91 Å². The lowest BCUT2D eigenvalue weighted by molar-refractivity contribution is -0.125. The lowest BCUT2D eigenvalue weighted by atomic mass is 10.3. The minimum absolute atomic E-state index is 0.0248. The van der Waals surface area contributed by atoms with Crippen LogP contribution in [0.1, 0.15) is 13.8 Å². The van der Waals surface area contributed by atoms with Gasteiger partial charge in [0.15, 0.2) is 0 Å². The largest absolute Gasteiger partial charge is 0.316 e. The molecule has 0 fully saturated rings. The molecule has 2 nitrogen and oxygen atoms in total. The van der Waals surface area contributed by atoms with E-state index in [9.17, 15) is 4.79 Å². The Kier molecular flexibility index (Phi) is 4.77. The molecular formula is C10H15NO. The zero-order valence-electron chi connectivity index (χ0n) is 7.87. The van der Waals surface area contributed by atoms with Gasteiger partial charge < -0.3 is 4.90 Å². The molecule has 0 saturated heterocycles. The van der Waals surface area contributed by atoms with Crippen LogP contribution < -0.4 is 0 Å². The molecule has 1 amide bonds. The zero-order valence-corrected chi connectivity index (χ0v) is 7.87. The molecule has 0 aliphatic heterocycles. The zero-order chi connectivity index (χ0) is 9.56. The molecule has 0 aromatic rings. The van der Waals surface area contributed by atoms with Gasteiger partial charge in [-0.1, -0.05) is 24.8 Å². The number of hydrogen-bond donors (Lipinski definition) is 0. The first-order chi connectivity index (χ1) is 5.63. The third-order valence-electron chi connectivity index (χ3n) is 1.56. The number of carbonyl (C=O) groups excluding carboxylic acids is 1. The van der Waals surface area contributed by atoms with Gasteiger partial charge in [-0.05, 0) is 13.0 Å². The Balaban J connectivity index is 4.47. The van der Waals surface area contributed by atoms with Gasteiger partial charge in [-0.2, -0.15) is 0 Å². The predicted octanol–water partition coefficient (Wildman–Crippen LogP) is 2.11. The van der Waals surface area contributed by atoms with Gasteiger partial charge in [-0.3, -0.25) is 4.79 Å². The van der Waals surface area contributed by atoms with Crippen molar-refractivity contribution in [1.29, 1.82) is 0 Å². The molecule has 0 spiro atoms. The average molecular weight is 165 g/mol. The van der Waals surface area contributed by atoms with Crippen molar-refractivity contribution in [1.82, 2.24) is 4.90 Å². The fraction of sp³-hybridized carbons (Fsp3) is 0.300. The molecule has 2 heteroatoms. The molecule has 0 heterocycles. The van der Waals surface area contributed by atoms with Gasteiger partial charge in [-0.15, -0.1) is 0 Å². The molecule has 0 unspecified atom stereocenters. The summed E-state index contributed by atoms with van der Waals surface area (Å²) in [6.45, 7) is 6.98. The van der Waals surface area contributed by atoms with E-state index in [1.54, 1.807) is 24.1 Å². The van der Waals surface area contributed by atoms with Gasteiger partial charge in [0.25, 0.3) is 0 Å². The third kappa shape index (κ3) is 3.19. The summed E-state index contributed by atoms with van der Waals surface area (Å²) in [7, 11) is 1.74. The van der Waals surface area contributed by atoms with Crippen molar-refractivity contribution in [3.63, 3.8) is 0 Å². The van der Waals surface area contributed by atoms with E-state index in [-0.39, 0.29) is 5.91 Å². The maximum absolute atomic E-state index is 10.9. The maximum Gasteiger partial charge on any atom is 0.223 e. The van der Waals surface area contributed by atoms with Gasteiger partial charge in [-0.25, -0.2) is 0 Å². The summed E-state index contributed by atoms with van der Waals surface area (Å²) < 4.78 is 0. The Morgan fingerprint density at radius 1 is 1.50 bits per heavy atom. The van der Waals surface area contributed by atoms with Crippen molar-refractivity contribution < 1.29 is 4.79 Å². The van der Waals surface area contributed by atoms with E-state index in [2.05, 4.69) is 6.58 Å². The minimum Gasteiger partial charge on any atom is -0.316 e. The van der Waals surface area contributed by atoms with Crippen LogP contribution in [0.25, 0.3) is 0 Å². The van der Waals surface area contributed by atoms with E-state index in [0.717, 1.165) is 5.70 Å². The highest BCUT2D eigenvalue weighted by Gasteiger charge is 2.03. The second kappa shape index (κ2) is 5.35. The molecule has 0 aliphatic rings. The first-order valence-electron chi connectivity index (χ1n) is 3.83. The molecule has 12 heavy (non-hydrogen) atoms. The number of carbonyl (C=O) groups is 1. The van der Waals surface area contributed by atoms with Gasteiger partial charge in [0.05, 0.1) is 0 Å². The van der Waals surface area contributed by atoms with Crippen LogP contribution in [0, 0.1) is 0 Å². The van der Waals surface area contributed by atoms with Gasteiger partial charge >= 0.3 is 0 Å². The normalized spacial score (nSPS) is 11.8. The van der Waals surface area contributed by atoms with Crippen molar-refractivity contribution in [3.05, 3.63) is 36.6 Å². The molecule has 0 aromatic heterocycles. The average Bonchev–Trinajstić information content (AvgIpc) is 2.05. The summed E-state index contributed by atoms with van der Waals surface area (Å²) in [4.78, 5) is 12.5. The standard InChI is InChI=1S/C10H15NO/c1-5-7-8-10(6-2)11(4)9(3)12/h5-8H,1H2,2-4H3/b8-7-,10-6+. The molecule has 0 radical (unpaired) electrons. The Hall–Kier alpha value is -1.31. The van der Waals surface area contributed by atoms with Gasteiger partial charge in [0.1, 0.15) is 0 Å². The number of likely N-dealkylation sites (N-methyl/N-ethyl adjacent to an activating group) is 1. The van der Waals surface area contributed by atoms with Crippen LogP contribution in [0.5, 0.6) is 0 Å². The number of nitrogens with zero attached hydrogens (tertiary/aromatic N) is 1. The number of rotatable bonds is 3. The molecule has 0 saturated carbocycles. The van der Waals surface area contributed by atoms with E-state index < -0.39 is 0 Å². The quantitative estimate of drug-likeness (QED) is 0.586. The fourth-order valence-electron chi connectivity index (χ4n) is 0.750. The molecule has 0 atom stereocenters. The van der Waals surface area contributed by atoms with Gasteiger partial charge in [0.2, 0.25) is 5.91 Å². The van der Waals surface area contributed by atoms with Crippen molar-refractivity contribution in [2.75, 3.05) is 7.05 Å². The van der Waals surface area contributed by atoms with Crippen LogP contribution in [0.4, 0.5) is 0 Å². The fourth-order valence-corrected chi connectivity index (χ4v) is 0.750. The molecular weight excluding hydrogens is 150 g/mol. The van der Waals surface area contributed by atoms with Crippen molar-refractivity contribution in [2.24, 2.45) is 0 Å². The van der Waals surface area contributed by atoms with Crippen molar-refractivity contribution in [3.8, 4) is 0 Å². The van der Waals surface area contributed by atoms with Crippen LogP contribution in [0.3, 0.4) is 0 Å². The molecule has 0 aromatic carbocycles. The number of hydrogen-bond acceptors (Lipinski definition) is 1. The summed E-state index contributed by atoms with van der Waals surface area (Å²) in [6.07, 6.45) is 7.20. The predicted molar refractivity (Wildman–Crippen MR) is 51.5 cm³/mol. The van der Waals surface area contributed by atoms with E-state index >= 15 is 0 Å². The number of allylic oxidation sites excluding steroid dienone is 4. The van der Waals surface area contributed by atoms with E-state index in [1.165, 1.54) is 6.92 Å². The second-order valence-electron chi connectivity index (χ2n) is 2.39. The minimum atomic E-state index is 0.0248. The third-order valence-corrected chi connectivity index (χ3v) is 1.56. The Bertz CT molecular complexity index is 226. The first-order valence-corrected chi connectivity index (χ1v) is 3.83. The monoisotopic (exact) mass is 165 g/mol. The maximum atomic E-state index is 10.9. The lowest BCUT2D eigenvalue weighted by Crippen LogP contribution is -2.21. The van der Waals surface area contributed by atoms with Crippen LogP contribution in [0.2, 0.25) is 0 Å². The Labute approximate surface area is 73.9 Å². The highest BCUT2D eigenvalue weighted by Crippen LogP contribution is 2.03. The highest BCUT2D eigenvalue weighted by atomic mass is 16.2.